The lowest BCUT2D eigenvalue weighted by Crippen LogP contribution is -2.14. The Morgan fingerprint density at radius 2 is 2.25 bits per heavy atom. The molecule has 106 valence electrons. The Morgan fingerprint density at radius 3 is 2.90 bits per heavy atom. The van der Waals surface area contributed by atoms with Crippen LogP contribution >= 0.6 is 27.7 Å². The number of hydrogen-bond donors (Lipinski definition) is 2. The molecule has 0 saturated heterocycles. The Balaban J connectivity index is 1.88. The highest BCUT2D eigenvalue weighted by molar-refractivity contribution is 9.10. The molecule has 20 heavy (non-hydrogen) atoms. The molecule has 1 aromatic heterocycles. The van der Waals surface area contributed by atoms with Crippen molar-refractivity contribution in [3.8, 4) is 0 Å². The number of thioether (sulfide) groups is 1. The van der Waals surface area contributed by atoms with Crippen LogP contribution in [0.1, 0.15) is 18.2 Å². The van der Waals surface area contributed by atoms with E-state index >= 15 is 0 Å². The van der Waals surface area contributed by atoms with Crippen LogP contribution in [0.2, 0.25) is 0 Å². The van der Waals surface area contributed by atoms with Crippen molar-refractivity contribution < 1.29 is 4.79 Å². The summed E-state index contributed by atoms with van der Waals surface area (Å²) in [5, 5.41) is 9.70. The van der Waals surface area contributed by atoms with Crippen molar-refractivity contribution in [3.63, 3.8) is 0 Å². The number of hydrogen-bond acceptors (Lipinski definition) is 3. The molecule has 0 bridgehead atoms. The maximum atomic E-state index is 11.9. The van der Waals surface area contributed by atoms with Crippen molar-refractivity contribution in [1.29, 1.82) is 0 Å². The Labute approximate surface area is 130 Å². The molecular weight excluding hydrogens is 338 g/mol. The molecule has 2 N–H and O–H groups in total. The fourth-order valence-corrected chi connectivity index (χ4v) is 2.99. The molecule has 2 aromatic rings. The summed E-state index contributed by atoms with van der Waals surface area (Å²) in [6.45, 7) is 4.07. The molecule has 0 unspecified atom stereocenters. The van der Waals surface area contributed by atoms with E-state index in [1.165, 1.54) is 11.8 Å². The van der Waals surface area contributed by atoms with Crippen LogP contribution < -0.4 is 5.32 Å². The van der Waals surface area contributed by atoms with Gasteiger partial charge in [-0.05, 0) is 37.1 Å². The van der Waals surface area contributed by atoms with Crippen LogP contribution in [0, 0.1) is 6.92 Å². The first-order chi connectivity index (χ1) is 9.58. The molecule has 0 aliphatic carbocycles. The Morgan fingerprint density at radius 1 is 1.45 bits per heavy atom. The molecule has 0 aliphatic rings. The minimum absolute atomic E-state index is 0.0496. The zero-order chi connectivity index (χ0) is 14.5. The number of H-pyrrole nitrogens is 1. The zero-order valence-corrected chi connectivity index (χ0v) is 13.8. The first-order valence-corrected chi connectivity index (χ1v) is 8.09. The van der Waals surface area contributed by atoms with E-state index in [0.29, 0.717) is 11.6 Å². The average molecular weight is 354 g/mol. The molecule has 1 aromatic carbocycles. The average Bonchev–Trinajstić information content (AvgIpc) is 2.85. The van der Waals surface area contributed by atoms with Gasteiger partial charge < -0.3 is 5.32 Å². The quantitative estimate of drug-likeness (QED) is 0.804. The van der Waals surface area contributed by atoms with Gasteiger partial charge in [0, 0.05) is 21.1 Å². The van der Waals surface area contributed by atoms with Crippen molar-refractivity contribution in [3.05, 3.63) is 40.0 Å². The second-order valence-corrected chi connectivity index (χ2v) is 6.31. The van der Waals surface area contributed by atoms with Gasteiger partial charge in [-0.25, -0.2) is 0 Å². The van der Waals surface area contributed by atoms with Crippen LogP contribution in [0.25, 0.3) is 0 Å². The van der Waals surface area contributed by atoms with Crippen molar-refractivity contribution in [2.45, 2.75) is 25.2 Å². The van der Waals surface area contributed by atoms with Gasteiger partial charge in [0.25, 0.3) is 0 Å². The zero-order valence-electron chi connectivity index (χ0n) is 11.4. The Bertz CT molecular complexity index is 612. The Hall–Kier alpha value is -1.27. The monoisotopic (exact) mass is 353 g/mol. The Kier molecular flexibility index (Phi) is 5.25. The minimum atomic E-state index is -0.0496. The second-order valence-electron chi connectivity index (χ2n) is 4.38. The second kappa shape index (κ2) is 6.95. The molecule has 0 atom stereocenters. The smallest absolute Gasteiger partial charge is 0.235 e. The van der Waals surface area contributed by atoms with Crippen LogP contribution in [0.3, 0.4) is 0 Å². The summed E-state index contributed by atoms with van der Waals surface area (Å²) in [6.07, 6.45) is 0.871. The fraction of sp³-hybridized carbons (Fsp3) is 0.286. The largest absolute Gasteiger partial charge is 0.308 e. The number of amides is 1. The number of aryl methyl sites for hydroxylation is 2. The number of rotatable bonds is 5. The highest BCUT2D eigenvalue weighted by atomic mass is 79.9. The predicted octanol–water partition coefficient (Wildman–Crippen LogP) is 3.77. The fourth-order valence-electron chi connectivity index (χ4n) is 1.70. The van der Waals surface area contributed by atoms with Crippen molar-refractivity contribution in [2.75, 3.05) is 11.1 Å². The molecule has 4 nitrogen and oxygen atoms in total. The molecule has 2 rings (SSSR count). The summed E-state index contributed by atoms with van der Waals surface area (Å²) >= 11 is 4.95. The first kappa shape index (κ1) is 15.1. The molecule has 0 aliphatic heterocycles. The van der Waals surface area contributed by atoms with Gasteiger partial charge in [-0.1, -0.05) is 22.9 Å². The predicted molar refractivity (Wildman–Crippen MR) is 86.2 cm³/mol. The minimum Gasteiger partial charge on any atom is -0.308 e. The van der Waals surface area contributed by atoms with Gasteiger partial charge in [-0.15, -0.1) is 11.8 Å². The number of benzene rings is 1. The van der Waals surface area contributed by atoms with E-state index in [0.717, 1.165) is 27.0 Å². The lowest BCUT2D eigenvalue weighted by molar-refractivity contribution is -0.113. The van der Waals surface area contributed by atoms with Gasteiger partial charge in [0.2, 0.25) is 5.91 Å². The van der Waals surface area contributed by atoms with E-state index in [2.05, 4.69) is 31.4 Å². The normalized spacial score (nSPS) is 10.6. The number of aromatic nitrogens is 2. The molecule has 1 amide bonds. The number of halogens is 1. The SMILES string of the molecule is CCc1cc(NC(=O)CSc2ccc(Br)cc2C)n[nH]1. The van der Waals surface area contributed by atoms with Crippen molar-refractivity contribution >= 4 is 39.4 Å². The van der Waals surface area contributed by atoms with Gasteiger partial charge in [-0.3, -0.25) is 9.89 Å². The van der Waals surface area contributed by atoms with Crippen LogP contribution in [0.5, 0.6) is 0 Å². The van der Waals surface area contributed by atoms with Gasteiger partial charge in [0.15, 0.2) is 5.82 Å². The van der Waals surface area contributed by atoms with Gasteiger partial charge in [0.05, 0.1) is 5.75 Å². The molecule has 0 saturated carbocycles. The van der Waals surface area contributed by atoms with Crippen LogP contribution in [-0.2, 0) is 11.2 Å². The summed E-state index contributed by atoms with van der Waals surface area (Å²) in [7, 11) is 0. The maximum absolute atomic E-state index is 11.9. The van der Waals surface area contributed by atoms with Gasteiger partial charge in [-0.2, -0.15) is 5.10 Å². The standard InChI is InChI=1S/C14H16BrN3OS/c1-3-11-7-13(18-17-11)16-14(19)8-20-12-5-4-10(15)6-9(12)2/h4-7H,3,8H2,1-2H3,(H2,16,17,18,19). The summed E-state index contributed by atoms with van der Waals surface area (Å²) in [6, 6.07) is 7.89. The number of nitrogens with zero attached hydrogens (tertiary/aromatic N) is 1. The highest BCUT2D eigenvalue weighted by Crippen LogP contribution is 2.25. The van der Waals surface area contributed by atoms with E-state index in [1.54, 1.807) is 0 Å². The van der Waals surface area contributed by atoms with E-state index in [9.17, 15) is 4.79 Å². The number of aromatic amines is 1. The van der Waals surface area contributed by atoms with Crippen molar-refractivity contribution in [2.24, 2.45) is 0 Å². The summed E-state index contributed by atoms with van der Waals surface area (Å²) < 4.78 is 1.05. The van der Waals surface area contributed by atoms with E-state index < -0.39 is 0 Å². The summed E-state index contributed by atoms with van der Waals surface area (Å²) in [4.78, 5) is 13.0. The lowest BCUT2D eigenvalue weighted by atomic mass is 10.2. The number of carbonyl (C=O) groups is 1. The van der Waals surface area contributed by atoms with E-state index in [4.69, 9.17) is 0 Å². The van der Waals surface area contributed by atoms with Gasteiger partial charge in [0.1, 0.15) is 0 Å². The van der Waals surface area contributed by atoms with Crippen LogP contribution in [-0.4, -0.2) is 21.9 Å². The maximum Gasteiger partial charge on any atom is 0.235 e. The molecular formula is C14H16BrN3OS. The van der Waals surface area contributed by atoms with E-state index in [-0.39, 0.29) is 5.91 Å². The number of nitrogens with one attached hydrogen (secondary N) is 2. The lowest BCUT2D eigenvalue weighted by Gasteiger charge is -2.05. The highest BCUT2D eigenvalue weighted by Gasteiger charge is 2.07. The molecule has 1 heterocycles. The molecule has 0 spiro atoms. The third kappa shape index (κ3) is 4.11. The topological polar surface area (TPSA) is 57.8 Å². The van der Waals surface area contributed by atoms with Crippen molar-refractivity contribution in [1.82, 2.24) is 10.2 Å². The number of anilines is 1. The summed E-state index contributed by atoms with van der Waals surface area (Å²) in [5.41, 5.74) is 2.17. The number of carbonyl (C=O) groups excluding carboxylic acids is 1. The first-order valence-electron chi connectivity index (χ1n) is 6.31. The molecule has 0 radical (unpaired) electrons. The molecule has 0 fully saturated rings. The van der Waals surface area contributed by atoms with E-state index in [1.807, 2.05) is 38.1 Å². The van der Waals surface area contributed by atoms with Gasteiger partial charge >= 0.3 is 0 Å². The van der Waals surface area contributed by atoms with Crippen LogP contribution in [0.15, 0.2) is 33.6 Å². The third-order valence-electron chi connectivity index (χ3n) is 2.78. The van der Waals surface area contributed by atoms with Crippen LogP contribution in [0.4, 0.5) is 5.82 Å². The third-order valence-corrected chi connectivity index (χ3v) is 4.44. The summed E-state index contributed by atoms with van der Waals surface area (Å²) in [5.74, 6) is 0.906. The molecule has 6 heteroatoms.